The van der Waals surface area contributed by atoms with Crippen LogP contribution in [0.4, 0.5) is 30.8 Å². The molecule has 0 aromatic carbocycles. The minimum Gasteiger partial charge on any atom is -0.487 e. The highest BCUT2D eigenvalue weighted by molar-refractivity contribution is 5.63. The average Bonchev–Trinajstić information content (AvgIpc) is 2.97. The lowest BCUT2D eigenvalue weighted by atomic mass is 9.86. The maximum Gasteiger partial charge on any atom is 0.421 e. The SMILES string of the molecule is CC(C)(C#N)c1nn(C2CCC2)c(Nc2ncc(C(F)(F)F)c(N)n2)c1OCC1CCC1. The number of ether oxygens (including phenoxy) is 1. The van der Waals surface area contributed by atoms with Crippen molar-refractivity contribution < 1.29 is 17.9 Å². The second-order valence-electron chi connectivity index (χ2n) is 9.02. The molecule has 2 fully saturated rings. The second-order valence-corrected chi connectivity index (χ2v) is 9.02. The lowest BCUT2D eigenvalue weighted by Crippen LogP contribution is -2.22. The smallest absolute Gasteiger partial charge is 0.421 e. The zero-order valence-electron chi connectivity index (χ0n) is 18.0. The van der Waals surface area contributed by atoms with Gasteiger partial charge in [-0.3, -0.25) is 0 Å². The van der Waals surface area contributed by atoms with E-state index in [1.54, 1.807) is 18.5 Å². The summed E-state index contributed by atoms with van der Waals surface area (Å²) < 4.78 is 47.0. The van der Waals surface area contributed by atoms with Gasteiger partial charge in [0.15, 0.2) is 11.6 Å². The van der Waals surface area contributed by atoms with Crippen LogP contribution in [0, 0.1) is 17.2 Å². The van der Waals surface area contributed by atoms with Crippen molar-refractivity contribution in [1.82, 2.24) is 19.7 Å². The van der Waals surface area contributed by atoms with Crippen LogP contribution in [0.3, 0.4) is 0 Å². The first-order valence-electron chi connectivity index (χ1n) is 10.7. The zero-order valence-corrected chi connectivity index (χ0v) is 18.0. The van der Waals surface area contributed by atoms with Crippen LogP contribution in [0.25, 0.3) is 0 Å². The number of nitrogen functional groups attached to an aromatic ring is 1. The van der Waals surface area contributed by atoms with Crippen molar-refractivity contribution in [3.8, 4) is 11.8 Å². The summed E-state index contributed by atoms with van der Waals surface area (Å²) in [6.07, 6.45) is 2.19. The van der Waals surface area contributed by atoms with Gasteiger partial charge in [-0.05, 0) is 51.9 Å². The lowest BCUT2D eigenvalue weighted by Gasteiger charge is -2.28. The van der Waals surface area contributed by atoms with Gasteiger partial charge in [0.25, 0.3) is 0 Å². The summed E-state index contributed by atoms with van der Waals surface area (Å²) in [6.45, 7) is 4.00. The Bertz CT molecular complexity index is 1030. The highest BCUT2D eigenvalue weighted by Gasteiger charge is 2.37. The van der Waals surface area contributed by atoms with Crippen LogP contribution in [0.5, 0.6) is 5.75 Å². The quantitative estimate of drug-likeness (QED) is 0.628. The molecule has 2 saturated carbocycles. The predicted octanol–water partition coefficient (Wildman–Crippen LogP) is 4.72. The first kappa shape index (κ1) is 22.2. The van der Waals surface area contributed by atoms with Crippen molar-refractivity contribution in [2.24, 2.45) is 5.92 Å². The Labute approximate surface area is 184 Å². The molecule has 0 aliphatic heterocycles. The van der Waals surface area contributed by atoms with Gasteiger partial charge in [-0.25, -0.2) is 9.67 Å². The van der Waals surface area contributed by atoms with Gasteiger partial charge in [0.1, 0.15) is 17.1 Å². The van der Waals surface area contributed by atoms with Crippen LogP contribution < -0.4 is 15.8 Å². The topological polar surface area (TPSA) is 115 Å². The largest absolute Gasteiger partial charge is 0.487 e. The molecule has 2 aromatic rings. The minimum atomic E-state index is -4.64. The molecular formula is C21H26F3N7O. The third kappa shape index (κ3) is 4.18. The van der Waals surface area contributed by atoms with Gasteiger partial charge in [-0.1, -0.05) is 6.42 Å². The zero-order chi connectivity index (χ0) is 23.1. The van der Waals surface area contributed by atoms with Crippen LogP contribution in [-0.4, -0.2) is 26.4 Å². The molecule has 2 aliphatic carbocycles. The number of nitrogens with zero attached hydrogens (tertiary/aromatic N) is 5. The van der Waals surface area contributed by atoms with Crippen LogP contribution >= 0.6 is 0 Å². The monoisotopic (exact) mass is 449 g/mol. The fourth-order valence-electron chi connectivity index (χ4n) is 3.67. The molecule has 0 radical (unpaired) electrons. The summed E-state index contributed by atoms with van der Waals surface area (Å²) in [4.78, 5) is 7.63. The van der Waals surface area contributed by atoms with Crippen LogP contribution in [-0.2, 0) is 11.6 Å². The molecule has 2 aliphatic rings. The van der Waals surface area contributed by atoms with E-state index < -0.39 is 23.0 Å². The fourth-order valence-corrected chi connectivity index (χ4v) is 3.67. The number of anilines is 3. The molecule has 8 nitrogen and oxygen atoms in total. The Hall–Kier alpha value is -3.03. The Morgan fingerprint density at radius 2 is 1.94 bits per heavy atom. The summed E-state index contributed by atoms with van der Waals surface area (Å²) >= 11 is 0. The van der Waals surface area contributed by atoms with Crippen LogP contribution in [0.2, 0.25) is 0 Å². The molecule has 3 N–H and O–H groups in total. The Morgan fingerprint density at radius 1 is 1.25 bits per heavy atom. The van der Waals surface area contributed by atoms with Gasteiger partial charge in [0.2, 0.25) is 5.95 Å². The number of aromatic nitrogens is 4. The predicted molar refractivity (Wildman–Crippen MR) is 111 cm³/mol. The Balaban J connectivity index is 1.74. The molecule has 0 bridgehead atoms. The van der Waals surface area contributed by atoms with Crippen molar-refractivity contribution in [2.75, 3.05) is 17.7 Å². The Kier molecular flexibility index (Phi) is 5.65. The molecule has 32 heavy (non-hydrogen) atoms. The van der Waals surface area contributed by atoms with E-state index in [9.17, 15) is 18.4 Å². The maximum absolute atomic E-state index is 13.0. The van der Waals surface area contributed by atoms with Crippen LogP contribution in [0.15, 0.2) is 6.20 Å². The highest BCUT2D eigenvalue weighted by atomic mass is 19.4. The summed E-state index contributed by atoms with van der Waals surface area (Å²) in [7, 11) is 0. The molecule has 11 heteroatoms. The third-order valence-electron chi connectivity index (χ3n) is 6.20. The van der Waals surface area contributed by atoms with Gasteiger partial charge in [0, 0.05) is 6.20 Å². The summed E-state index contributed by atoms with van der Waals surface area (Å²) in [6, 6.07) is 2.36. The molecular weight excluding hydrogens is 423 g/mol. The van der Waals surface area contributed by atoms with Crippen molar-refractivity contribution in [3.05, 3.63) is 17.5 Å². The van der Waals surface area contributed by atoms with Gasteiger partial charge in [0.05, 0.1) is 24.1 Å². The molecule has 0 spiro atoms. The first-order chi connectivity index (χ1) is 15.1. The van der Waals surface area contributed by atoms with E-state index in [4.69, 9.17) is 15.6 Å². The summed E-state index contributed by atoms with van der Waals surface area (Å²) in [5, 5.41) is 17.4. The van der Waals surface area contributed by atoms with Crippen molar-refractivity contribution in [2.45, 2.75) is 70.0 Å². The number of nitriles is 1. The fraction of sp³-hybridized carbons (Fsp3) is 0.619. The van der Waals surface area contributed by atoms with E-state index in [0.717, 1.165) is 38.5 Å². The number of nitrogens with one attached hydrogen (secondary N) is 1. The van der Waals surface area contributed by atoms with Crippen molar-refractivity contribution in [3.63, 3.8) is 0 Å². The van der Waals surface area contributed by atoms with Crippen molar-refractivity contribution in [1.29, 1.82) is 5.26 Å². The Morgan fingerprint density at radius 3 is 2.44 bits per heavy atom. The number of nitrogens with two attached hydrogens (primary N) is 1. The highest BCUT2D eigenvalue weighted by Crippen LogP contribution is 2.44. The average molecular weight is 449 g/mol. The van der Waals surface area contributed by atoms with Gasteiger partial charge in [-0.2, -0.15) is 28.5 Å². The third-order valence-corrected chi connectivity index (χ3v) is 6.20. The maximum atomic E-state index is 13.0. The first-order valence-corrected chi connectivity index (χ1v) is 10.7. The number of halogens is 3. The normalized spacial score (nSPS) is 17.4. The van der Waals surface area contributed by atoms with E-state index in [1.165, 1.54) is 0 Å². The van der Waals surface area contributed by atoms with E-state index in [0.29, 0.717) is 36.0 Å². The van der Waals surface area contributed by atoms with Gasteiger partial charge < -0.3 is 15.8 Å². The molecule has 0 unspecified atom stereocenters. The summed E-state index contributed by atoms with van der Waals surface area (Å²) in [5.41, 5.74) is 4.00. The standard InChI is InChI=1S/C21H26F3N7O/c1-20(2,11-25)16-15(32-10-12-5-3-6-12)18(31(30-16)13-7-4-8-13)29-19-27-9-14(17(26)28-19)21(22,23)24/h9,12-13H,3-8,10H2,1-2H3,(H3,26,27,28,29). The van der Waals surface area contributed by atoms with E-state index in [-0.39, 0.29) is 12.0 Å². The molecule has 0 amide bonds. The van der Waals surface area contributed by atoms with Crippen LogP contribution in [0.1, 0.15) is 69.7 Å². The van der Waals surface area contributed by atoms with Gasteiger partial charge in [-0.15, -0.1) is 0 Å². The summed E-state index contributed by atoms with van der Waals surface area (Å²) in [5.74, 6) is 0.528. The minimum absolute atomic E-state index is 0.0919. The lowest BCUT2D eigenvalue weighted by molar-refractivity contribution is -0.137. The molecule has 2 heterocycles. The molecule has 2 aromatic heterocycles. The van der Waals surface area contributed by atoms with Gasteiger partial charge >= 0.3 is 6.18 Å². The number of hydrogen-bond donors (Lipinski definition) is 2. The van der Waals surface area contributed by atoms with E-state index >= 15 is 0 Å². The molecule has 172 valence electrons. The number of alkyl halides is 3. The molecule has 0 saturated heterocycles. The number of hydrogen-bond acceptors (Lipinski definition) is 7. The van der Waals surface area contributed by atoms with E-state index in [1.807, 2.05) is 0 Å². The van der Waals surface area contributed by atoms with Crippen molar-refractivity contribution >= 4 is 17.6 Å². The molecule has 4 rings (SSSR count). The number of rotatable bonds is 7. The molecule has 0 atom stereocenters. The second kappa shape index (κ2) is 8.15. The van der Waals surface area contributed by atoms with E-state index in [2.05, 4.69) is 21.4 Å².